The minimum Gasteiger partial charge on any atom is -0.457 e. The molecule has 234 valence electrons. The van der Waals surface area contributed by atoms with Crippen molar-refractivity contribution in [2.45, 2.75) is 5.41 Å². The maximum Gasteiger partial charge on any atom is 0.132 e. The molecule has 1 aliphatic carbocycles. The van der Waals surface area contributed by atoms with Gasteiger partial charge in [-0.1, -0.05) is 127 Å². The number of thiophene rings is 1. The lowest BCUT2D eigenvalue weighted by atomic mass is 9.66. The zero-order valence-corrected chi connectivity index (χ0v) is 27.8. The van der Waals surface area contributed by atoms with Crippen molar-refractivity contribution in [2.24, 2.45) is 0 Å². The van der Waals surface area contributed by atoms with Crippen LogP contribution in [-0.2, 0) is 5.41 Å². The molecule has 2 nitrogen and oxygen atoms in total. The summed E-state index contributed by atoms with van der Waals surface area (Å²) in [4.78, 5) is 2.45. The summed E-state index contributed by atoms with van der Waals surface area (Å²) >= 11 is 1.87. The highest BCUT2D eigenvalue weighted by molar-refractivity contribution is 7.26. The van der Waals surface area contributed by atoms with Crippen LogP contribution < -0.4 is 9.64 Å². The molecule has 3 heteroatoms. The zero-order valence-electron chi connectivity index (χ0n) is 27.0. The zero-order chi connectivity index (χ0) is 32.8. The van der Waals surface area contributed by atoms with Crippen LogP contribution in [-0.4, -0.2) is 0 Å². The molecule has 1 aromatic heterocycles. The average molecular weight is 656 g/mol. The van der Waals surface area contributed by atoms with Gasteiger partial charge in [-0.05, 0) is 81.6 Å². The van der Waals surface area contributed by atoms with E-state index in [0.717, 1.165) is 22.9 Å². The molecule has 1 spiro atoms. The molecule has 50 heavy (non-hydrogen) atoms. The van der Waals surface area contributed by atoms with E-state index in [4.69, 9.17) is 4.74 Å². The molecule has 0 saturated carbocycles. The Bertz CT molecular complexity index is 2770. The van der Waals surface area contributed by atoms with Crippen molar-refractivity contribution in [1.29, 1.82) is 0 Å². The van der Waals surface area contributed by atoms with Crippen LogP contribution in [0, 0.1) is 0 Å². The van der Waals surface area contributed by atoms with Gasteiger partial charge in [0.05, 0.1) is 15.8 Å². The summed E-state index contributed by atoms with van der Waals surface area (Å²) < 4.78 is 9.25. The molecule has 2 heterocycles. The minimum absolute atomic E-state index is 0.567. The first-order valence-corrected chi connectivity index (χ1v) is 17.9. The molecule has 0 unspecified atom stereocenters. The van der Waals surface area contributed by atoms with Gasteiger partial charge in [0.2, 0.25) is 0 Å². The Kier molecular flexibility index (Phi) is 5.78. The van der Waals surface area contributed by atoms with Crippen molar-refractivity contribution >= 4 is 59.3 Å². The highest BCUT2D eigenvalue weighted by Gasteiger charge is 2.51. The van der Waals surface area contributed by atoms with Crippen molar-refractivity contribution in [3.8, 4) is 22.6 Å². The highest BCUT2D eigenvalue weighted by atomic mass is 32.1. The third kappa shape index (κ3) is 3.67. The standard InChI is InChI=1S/C47H29NOS/c1-2-14-31(15-3-1)48(41-21-12-18-35-34-17-6-11-24-44(34)50-46(35)41)32-26-27-36-40(29-32)47(39-28-25-30-13-4-5-16-33(30)45(36)39)37-19-7-9-22-42(37)49-43-23-10-8-20-38(43)47/h1-29H. The molecule has 0 bridgehead atoms. The van der Waals surface area contributed by atoms with Crippen LogP contribution in [0.1, 0.15) is 22.3 Å². The highest BCUT2D eigenvalue weighted by Crippen LogP contribution is 2.63. The number of nitrogens with zero attached hydrogens (tertiary/aromatic N) is 1. The lowest BCUT2D eigenvalue weighted by molar-refractivity contribution is 0.436. The Morgan fingerprint density at radius 2 is 1.14 bits per heavy atom. The fraction of sp³-hybridized carbons (Fsp3) is 0.0213. The number of hydrogen-bond acceptors (Lipinski definition) is 3. The molecule has 0 fully saturated rings. The first-order valence-electron chi connectivity index (χ1n) is 17.1. The smallest absolute Gasteiger partial charge is 0.132 e. The summed E-state index contributed by atoms with van der Waals surface area (Å²) in [6, 6.07) is 64.1. The predicted octanol–water partition coefficient (Wildman–Crippen LogP) is 13.1. The number of anilines is 3. The van der Waals surface area contributed by atoms with E-state index in [0.29, 0.717) is 0 Å². The Balaban J connectivity index is 1.26. The summed E-state index contributed by atoms with van der Waals surface area (Å²) in [6.07, 6.45) is 0. The summed E-state index contributed by atoms with van der Waals surface area (Å²) in [5.41, 5.74) is 10.3. The monoisotopic (exact) mass is 655 g/mol. The second-order valence-corrected chi connectivity index (χ2v) is 14.3. The summed E-state index contributed by atoms with van der Waals surface area (Å²) in [5, 5.41) is 5.10. The molecule has 8 aromatic carbocycles. The van der Waals surface area contributed by atoms with E-state index >= 15 is 0 Å². The quantitative estimate of drug-likeness (QED) is 0.188. The van der Waals surface area contributed by atoms with E-state index < -0.39 is 5.41 Å². The van der Waals surface area contributed by atoms with E-state index in [1.165, 1.54) is 70.0 Å². The van der Waals surface area contributed by atoms with Gasteiger partial charge >= 0.3 is 0 Å². The van der Waals surface area contributed by atoms with Crippen LogP contribution in [0.5, 0.6) is 11.5 Å². The third-order valence-electron chi connectivity index (χ3n) is 10.7. The van der Waals surface area contributed by atoms with Crippen molar-refractivity contribution < 1.29 is 4.74 Å². The van der Waals surface area contributed by atoms with E-state index in [9.17, 15) is 0 Å². The van der Waals surface area contributed by atoms with Gasteiger partial charge in [0.25, 0.3) is 0 Å². The van der Waals surface area contributed by atoms with Crippen molar-refractivity contribution in [3.05, 3.63) is 198 Å². The van der Waals surface area contributed by atoms with Crippen molar-refractivity contribution in [2.75, 3.05) is 4.90 Å². The van der Waals surface area contributed by atoms with Gasteiger partial charge in [0.1, 0.15) is 11.5 Å². The summed E-state index contributed by atoms with van der Waals surface area (Å²) in [7, 11) is 0. The minimum atomic E-state index is -0.567. The average Bonchev–Trinajstić information content (AvgIpc) is 3.70. The van der Waals surface area contributed by atoms with E-state index in [1.807, 2.05) is 11.3 Å². The second kappa shape index (κ2) is 10.4. The number of fused-ring (bicyclic) bond motifs is 14. The molecule has 0 N–H and O–H groups in total. The van der Waals surface area contributed by atoms with E-state index in [2.05, 4.69) is 181 Å². The van der Waals surface area contributed by atoms with Gasteiger partial charge in [0, 0.05) is 38.0 Å². The number of benzene rings is 8. The fourth-order valence-corrected chi connectivity index (χ4v) is 9.91. The SMILES string of the molecule is c1ccc(N(c2ccc3c(c2)C2(c4ccccc4Oc4ccccc42)c2ccc4ccccc4c2-3)c2cccc3c2sc2ccccc23)cc1. The maximum absolute atomic E-state index is 6.67. The first kappa shape index (κ1) is 27.8. The molecule has 0 amide bonds. The largest absolute Gasteiger partial charge is 0.457 e. The lowest BCUT2D eigenvalue weighted by Gasteiger charge is -2.39. The second-order valence-electron chi connectivity index (χ2n) is 13.2. The Morgan fingerprint density at radius 3 is 1.96 bits per heavy atom. The van der Waals surface area contributed by atoms with Gasteiger partial charge < -0.3 is 9.64 Å². The molecule has 0 saturated heterocycles. The van der Waals surface area contributed by atoms with Crippen LogP contribution in [0.25, 0.3) is 42.1 Å². The number of para-hydroxylation sites is 3. The summed E-state index contributed by atoms with van der Waals surface area (Å²) in [6.45, 7) is 0. The fourth-order valence-electron chi connectivity index (χ4n) is 8.71. The maximum atomic E-state index is 6.67. The summed E-state index contributed by atoms with van der Waals surface area (Å²) in [5.74, 6) is 1.80. The molecule has 11 rings (SSSR count). The number of hydrogen-bond donors (Lipinski definition) is 0. The predicted molar refractivity (Wildman–Crippen MR) is 209 cm³/mol. The van der Waals surface area contributed by atoms with Crippen LogP contribution in [0.4, 0.5) is 17.1 Å². The molecule has 9 aromatic rings. The van der Waals surface area contributed by atoms with Gasteiger partial charge in [-0.25, -0.2) is 0 Å². The van der Waals surface area contributed by atoms with E-state index in [-0.39, 0.29) is 0 Å². The number of ether oxygens (including phenoxy) is 1. The van der Waals surface area contributed by atoms with Gasteiger partial charge in [0.15, 0.2) is 0 Å². The van der Waals surface area contributed by atoms with Crippen LogP contribution in [0.3, 0.4) is 0 Å². The number of rotatable bonds is 3. The van der Waals surface area contributed by atoms with Gasteiger partial charge in [-0.3, -0.25) is 0 Å². The van der Waals surface area contributed by atoms with Crippen LogP contribution in [0.2, 0.25) is 0 Å². The van der Waals surface area contributed by atoms with Crippen molar-refractivity contribution in [3.63, 3.8) is 0 Å². The molecule has 0 atom stereocenters. The lowest BCUT2D eigenvalue weighted by Crippen LogP contribution is -2.32. The van der Waals surface area contributed by atoms with Crippen LogP contribution in [0.15, 0.2) is 176 Å². The van der Waals surface area contributed by atoms with Gasteiger partial charge in [-0.2, -0.15) is 0 Å². The Morgan fingerprint density at radius 1 is 0.460 bits per heavy atom. The topological polar surface area (TPSA) is 12.5 Å². The molecule has 2 aliphatic rings. The third-order valence-corrected chi connectivity index (χ3v) is 11.9. The van der Waals surface area contributed by atoms with E-state index in [1.54, 1.807) is 0 Å². The molecular formula is C47H29NOS. The molecule has 0 radical (unpaired) electrons. The normalized spacial score (nSPS) is 13.5. The van der Waals surface area contributed by atoms with Crippen LogP contribution >= 0.6 is 11.3 Å². The molecule has 1 aliphatic heterocycles. The Hall–Kier alpha value is -6.16. The molecular weight excluding hydrogens is 627 g/mol. The first-order chi connectivity index (χ1) is 24.8. The van der Waals surface area contributed by atoms with Gasteiger partial charge in [-0.15, -0.1) is 11.3 Å². The Labute approximate surface area is 294 Å². The van der Waals surface area contributed by atoms with Crippen molar-refractivity contribution in [1.82, 2.24) is 0 Å².